The van der Waals surface area contributed by atoms with Crippen LogP contribution < -0.4 is 15.2 Å². The Hall–Kier alpha value is -3.30. The molecule has 3 heterocycles. The molecule has 0 saturated heterocycles. The van der Waals surface area contributed by atoms with Gasteiger partial charge in [-0.3, -0.25) is 0 Å². The van der Waals surface area contributed by atoms with Gasteiger partial charge in [-0.1, -0.05) is 42.5 Å². The van der Waals surface area contributed by atoms with Crippen LogP contribution in [0.3, 0.4) is 0 Å². The van der Waals surface area contributed by atoms with Gasteiger partial charge in [-0.05, 0) is 62.6 Å². The standard InChI is InChI=1S/C24H18BrN5O2S/c25-17-10-18-19(32-13-31-18)11-20(17)33-24-28-21-22(26)27-12-30(23(21)29-24)9-8-15-6-3-5-14-4-1-2-7-16(14)15/h1-7,10-12H,8-9,13,26H2. The minimum Gasteiger partial charge on any atom is -0.454 e. The Morgan fingerprint density at radius 1 is 1.03 bits per heavy atom. The van der Waals surface area contributed by atoms with Crippen molar-refractivity contribution in [1.82, 2.24) is 19.5 Å². The number of imidazole rings is 1. The zero-order valence-corrected chi connectivity index (χ0v) is 19.8. The second-order valence-electron chi connectivity index (χ2n) is 7.63. The molecule has 3 aliphatic heterocycles. The van der Waals surface area contributed by atoms with E-state index in [1.54, 1.807) is 6.33 Å². The van der Waals surface area contributed by atoms with Gasteiger partial charge < -0.3 is 19.8 Å². The molecule has 2 N–H and O–H groups in total. The highest BCUT2D eigenvalue weighted by atomic mass is 79.9. The van der Waals surface area contributed by atoms with Crippen LogP contribution in [0.15, 0.2) is 75.4 Å². The number of nitrogens with zero attached hydrogens (tertiary/aromatic N) is 4. The van der Waals surface area contributed by atoms with Crippen LogP contribution in [0, 0.1) is 0 Å². The number of ether oxygens (including phenoxy) is 2. The second kappa shape index (κ2) is 8.24. The van der Waals surface area contributed by atoms with E-state index >= 15 is 0 Å². The summed E-state index contributed by atoms with van der Waals surface area (Å²) in [7, 11) is 0. The number of aryl methyl sites for hydroxylation is 2. The summed E-state index contributed by atoms with van der Waals surface area (Å²) in [4.78, 5) is 14.7. The minimum atomic E-state index is 0.228. The minimum absolute atomic E-state index is 0.228. The van der Waals surface area contributed by atoms with Gasteiger partial charge in [0, 0.05) is 15.9 Å². The maximum atomic E-state index is 6.14. The van der Waals surface area contributed by atoms with Gasteiger partial charge in [0.1, 0.15) is 0 Å². The number of halogens is 1. The van der Waals surface area contributed by atoms with Crippen molar-refractivity contribution in [1.29, 1.82) is 0 Å². The molecule has 33 heavy (non-hydrogen) atoms. The molecule has 3 aliphatic rings. The fourth-order valence-corrected chi connectivity index (χ4v) is 5.32. The smallest absolute Gasteiger partial charge is 0.231 e. The number of anilines is 1. The lowest BCUT2D eigenvalue weighted by molar-refractivity contribution is 0.174. The van der Waals surface area contributed by atoms with E-state index in [9.17, 15) is 0 Å². The summed E-state index contributed by atoms with van der Waals surface area (Å²) in [5, 5.41) is 3.10. The van der Waals surface area contributed by atoms with E-state index in [1.807, 2.05) is 16.7 Å². The summed E-state index contributed by atoms with van der Waals surface area (Å²) in [6, 6.07) is 18.6. The highest BCUT2D eigenvalue weighted by molar-refractivity contribution is 9.10. The molecule has 9 heteroatoms. The third kappa shape index (κ3) is 3.77. The molecule has 0 spiro atoms. The summed E-state index contributed by atoms with van der Waals surface area (Å²) in [6.07, 6.45) is 2.58. The highest BCUT2D eigenvalue weighted by Gasteiger charge is 2.22. The van der Waals surface area contributed by atoms with Crippen LogP contribution in [0.25, 0.3) is 22.3 Å². The second-order valence-corrected chi connectivity index (χ2v) is 9.49. The molecule has 0 aliphatic carbocycles. The number of fused-ring (bicyclic) bond motifs is 3. The first kappa shape index (κ1) is 20.3. The summed E-state index contributed by atoms with van der Waals surface area (Å²) in [5.41, 5.74) is 8.02. The molecule has 0 amide bonds. The maximum Gasteiger partial charge on any atom is 0.231 e. The Kier molecular flexibility index (Phi) is 5.07. The summed E-state index contributed by atoms with van der Waals surface area (Å²) < 4.78 is 13.8. The van der Waals surface area contributed by atoms with Crippen molar-refractivity contribution < 1.29 is 9.47 Å². The van der Waals surface area contributed by atoms with Crippen LogP contribution in [-0.2, 0) is 13.0 Å². The van der Waals surface area contributed by atoms with E-state index < -0.39 is 0 Å². The molecule has 6 rings (SSSR count). The first-order valence-electron chi connectivity index (χ1n) is 10.4. The van der Waals surface area contributed by atoms with Crippen LogP contribution in [-0.4, -0.2) is 26.3 Å². The van der Waals surface area contributed by atoms with Gasteiger partial charge >= 0.3 is 0 Å². The largest absolute Gasteiger partial charge is 0.454 e. The van der Waals surface area contributed by atoms with Gasteiger partial charge in [0.15, 0.2) is 34.0 Å². The molecule has 0 radical (unpaired) electrons. The van der Waals surface area contributed by atoms with Crippen molar-refractivity contribution in [3.63, 3.8) is 0 Å². The number of nitrogens with two attached hydrogens (primary N) is 1. The van der Waals surface area contributed by atoms with E-state index in [-0.39, 0.29) is 6.79 Å². The number of rotatable bonds is 5. The Balaban J connectivity index is 1.30. The zero-order valence-electron chi connectivity index (χ0n) is 17.4. The van der Waals surface area contributed by atoms with Crippen LogP contribution >= 0.6 is 27.7 Å². The zero-order chi connectivity index (χ0) is 22.4. The Morgan fingerprint density at radius 3 is 2.76 bits per heavy atom. The molecular weight excluding hydrogens is 502 g/mol. The van der Waals surface area contributed by atoms with E-state index in [0.29, 0.717) is 29.0 Å². The van der Waals surface area contributed by atoms with Crippen molar-refractivity contribution >= 4 is 44.3 Å². The first-order valence-corrected chi connectivity index (χ1v) is 12.0. The average molecular weight is 520 g/mol. The monoisotopic (exact) mass is 519 g/mol. The van der Waals surface area contributed by atoms with Gasteiger partial charge in [0.05, 0.1) is 6.33 Å². The molecule has 0 atom stereocenters. The Labute approximate surface area is 202 Å². The third-order valence-electron chi connectivity index (χ3n) is 5.60. The van der Waals surface area contributed by atoms with Crippen LogP contribution in [0.4, 0.5) is 5.82 Å². The quantitative estimate of drug-likeness (QED) is 0.332. The first-order chi connectivity index (χ1) is 16.2. The van der Waals surface area contributed by atoms with Gasteiger partial charge in [0.2, 0.25) is 6.79 Å². The lowest BCUT2D eigenvalue weighted by Gasteiger charge is -2.12. The van der Waals surface area contributed by atoms with Gasteiger partial charge in [0.25, 0.3) is 0 Å². The average Bonchev–Trinajstić information content (AvgIpc) is 3.46. The Bertz CT molecular complexity index is 1470. The predicted molar refractivity (Wildman–Crippen MR) is 131 cm³/mol. The van der Waals surface area contributed by atoms with Gasteiger partial charge in [-0.15, -0.1) is 0 Å². The molecule has 7 nitrogen and oxygen atoms in total. The molecule has 0 aromatic heterocycles. The lowest BCUT2D eigenvalue weighted by atomic mass is 10.0. The van der Waals surface area contributed by atoms with Crippen molar-refractivity contribution in [2.24, 2.45) is 0 Å². The molecule has 0 fully saturated rings. The molecule has 3 aromatic carbocycles. The molecule has 0 unspecified atom stereocenters. The predicted octanol–water partition coefficient (Wildman–Crippen LogP) is 5.40. The number of hydrogen-bond donors (Lipinski definition) is 1. The maximum absolute atomic E-state index is 6.14. The van der Waals surface area contributed by atoms with Gasteiger partial charge in [-0.2, -0.15) is 0 Å². The fraction of sp³-hybridized carbons (Fsp3) is 0.125. The molecule has 3 aromatic rings. The fourth-order valence-electron chi connectivity index (χ4n) is 3.97. The molecule has 164 valence electrons. The van der Waals surface area contributed by atoms with Crippen molar-refractivity contribution in [3.8, 4) is 23.0 Å². The number of aromatic nitrogens is 4. The van der Waals surface area contributed by atoms with E-state index in [2.05, 4.69) is 68.4 Å². The normalized spacial score (nSPS) is 12.6. The lowest BCUT2D eigenvalue weighted by Crippen LogP contribution is -2.10. The number of nitrogen functional groups attached to an aromatic ring is 1. The van der Waals surface area contributed by atoms with Crippen molar-refractivity contribution in [3.05, 3.63) is 71.0 Å². The van der Waals surface area contributed by atoms with Crippen molar-refractivity contribution in [2.75, 3.05) is 12.5 Å². The topological polar surface area (TPSA) is 88.1 Å². The third-order valence-corrected chi connectivity index (χ3v) is 7.44. The van der Waals surface area contributed by atoms with Crippen molar-refractivity contribution in [2.45, 2.75) is 23.0 Å². The summed E-state index contributed by atoms with van der Waals surface area (Å²) in [5.74, 6) is 2.53. The van der Waals surface area contributed by atoms with E-state index in [0.717, 1.165) is 27.4 Å². The van der Waals surface area contributed by atoms with E-state index in [1.165, 1.54) is 28.1 Å². The molecule has 0 bridgehead atoms. The highest BCUT2D eigenvalue weighted by Crippen LogP contribution is 2.43. The summed E-state index contributed by atoms with van der Waals surface area (Å²) >= 11 is 5.03. The number of benzene rings is 3. The SMILES string of the molecule is Nc1ncn(CCc2cccc3ccccc23)c2nc(Sc3cc4c(cc3Br)OCO4)nc1-2. The number of hydrogen-bond acceptors (Lipinski definition) is 7. The molecular formula is C24H18BrN5O2S. The van der Waals surface area contributed by atoms with Crippen LogP contribution in [0.1, 0.15) is 5.56 Å². The Morgan fingerprint density at radius 2 is 1.85 bits per heavy atom. The molecule has 0 saturated carbocycles. The van der Waals surface area contributed by atoms with E-state index in [4.69, 9.17) is 20.2 Å². The summed E-state index contributed by atoms with van der Waals surface area (Å²) in [6.45, 7) is 0.944. The van der Waals surface area contributed by atoms with Crippen LogP contribution in [0.5, 0.6) is 11.5 Å². The van der Waals surface area contributed by atoms with Gasteiger partial charge in [-0.25, -0.2) is 15.0 Å². The van der Waals surface area contributed by atoms with Crippen LogP contribution in [0.2, 0.25) is 0 Å².